The maximum Gasteiger partial charge on any atom is 0.219 e. The van der Waals surface area contributed by atoms with Crippen LogP contribution in [0.4, 0.5) is 0 Å². The molecule has 4 rings (SSSR count). The molecule has 2 heterocycles. The Labute approximate surface area is 146 Å². The van der Waals surface area contributed by atoms with E-state index in [2.05, 4.69) is 17.1 Å². The van der Waals surface area contributed by atoms with Gasteiger partial charge in [0.15, 0.2) is 0 Å². The molecule has 0 aliphatic carbocycles. The fourth-order valence-corrected chi connectivity index (χ4v) is 2.96. The number of pyridine rings is 1. The molecule has 1 aliphatic heterocycles. The number of aryl methyl sites for hydroxylation is 1. The number of hydrogen-bond donors (Lipinski definition) is 0. The van der Waals surface area contributed by atoms with Crippen molar-refractivity contribution in [2.24, 2.45) is 0 Å². The normalized spacial score (nSPS) is 15.6. The minimum absolute atomic E-state index is 0.0978. The van der Waals surface area contributed by atoms with Crippen molar-refractivity contribution in [3.8, 4) is 23.4 Å². The van der Waals surface area contributed by atoms with Crippen molar-refractivity contribution in [1.29, 1.82) is 5.26 Å². The van der Waals surface area contributed by atoms with E-state index in [1.54, 1.807) is 12.1 Å². The van der Waals surface area contributed by atoms with Gasteiger partial charge in [-0.25, -0.2) is 4.98 Å². The van der Waals surface area contributed by atoms with Crippen LogP contribution in [0.2, 0.25) is 0 Å². The highest BCUT2D eigenvalue weighted by Crippen LogP contribution is 2.37. The van der Waals surface area contributed by atoms with Gasteiger partial charge in [0.2, 0.25) is 5.88 Å². The van der Waals surface area contributed by atoms with Crippen LogP contribution in [0, 0.1) is 11.3 Å². The van der Waals surface area contributed by atoms with Gasteiger partial charge >= 0.3 is 0 Å². The summed E-state index contributed by atoms with van der Waals surface area (Å²) in [5.41, 5.74) is 2.85. The summed E-state index contributed by atoms with van der Waals surface area (Å²) in [7, 11) is 0. The first-order valence-electron chi connectivity index (χ1n) is 8.20. The highest BCUT2D eigenvalue weighted by molar-refractivity contribution is 5.43. The standard InChI is InChI=1S/C21H16N2O2/c22-13-15-6-11-21(23-14-15)24-18-8-10-20-17(12-18)7-9-19(25-20)16-4-2-1-3-5-16/h1-6,8,10-12,14,19H,7,9H2. The third-order valence-electron chi connectivity index (χ3n) is 4.24. The van der Waals surface area contributed by atoms with Gasteiger partial charge in [-0.1, -0.05) is 30.3 Å². The summed E-state index contributed by atoms with van der Waals surface area (Å²) in [5.74, 6) is 2.09. The van der Waals surface area contributed by atoms with Crippen molar-refractivity contribution in [3.63, 3.8) is 0 Å². The number of fused-ring (bicyclic) bond motifs is 1. The summed E-state index contributed by atoms with van der Waals surface area (Å²) in [5, 5.41) is 8.81. The molecule has 1 aliphatic rings. The lowest BCUT2D eigenvalue weighted by molar-refractivity contribution is 0.176. The molecule has 25 heavy (non-hydrogen) atoms. The Bertz CT molecular complexity index is 915. The van der Waals surface area contributed by atoms with Gasteiger partial charge in [-0.2, -0.15) is 5.26 Å². The number of ether oxygens (including phenoxy) is 2. The fourth-order valence-electron chi connectivity index (χ4n) is 2.96. The number of nitrogens with zero attached hydrogens (tertiary/aromatic N) is 2. The molecular formula is C21H16N2O2. The Hall–Kier alpha value is -3.32. The lowest BCUT2D eigenvalue weighted by Crippen LogP contribution is -2.15. The van der Waals surface area contributed by atoms with E-state index in [0.29, 0.717) is 11.4 Å². The van der Waals surface area contributed by atoms with Gasteiger partial charge in [0, 0.05) is 12.3 Å². The van der Waals surface area contributed by atoms with Crippen LogP contribution >= 0.6 is 0 Å². The van der Waals surface area contributed by atoms with Crippen LogP contribution in [-0.2, 0) is 6.42 Å². The average molecular weight is 328 g/mol. The molecule has 0 amide bonds. The average Bonchev–Trinajstić information content (AvgIpc) is 2.69. The second-order valence-electron chi connectivity index (χ2n) is 5.92. The van der Waals surface area contributed by atoms with E-state index < -0.39 is 0 Å². The Kier molecular flexibility index (Phi) is 4.05. The summed E-state index contributed by atoms with van der Waals surface area (Å²) in [6, 6.07) is 21.5. The van der Waals surface area contributed by atoms with Crippen molar-refractivity contribution in [2.75, 3.05) is 0 Å². The highest BCUT2D eigenvalue weighted by Gasteiger charge is 2.21. The lowest BCUT2D eigenvalue weighted by Gasteiger charge is -2.26. The monoisotopic (exact) mass is 328 g/mol. The molecule has 0 fully saturated rings. The van der Waals surface area contributed by atoms with Crippen molar-refractivity contribution in [2.45, 2.75) is 18.9 Å². The van der Waals surface area contributed by atoms with Crippen LogP contribution in [0.5, 0.6) is 17.4 Å². The predicted octanol–water partition coefficient (Wildman–Crippen LogP) is 4.81. The number of nitriles is 1. The second-order valence-corrected chi connectivity index (χ2v) is 5.92. The molecule has 0 bridgehead atoms. The number of rotatable bonds is 3. The third-order valence-corrected chi connectivity index (χ3v) is 4.24. The topological polar surface area (TPSA) is 55.1 Å². The summed E-state index contributed by atoms with van der Waals surface area (Å²) < 4.78 is 11.9. The Balaban J connectivity index is 1.50. The van der Waals surface area contributed by atoms with Gasteiger partial charge in [-0.15, -0.1) is 0 Å². The largest absolute Gasteiger partial charge is 0.485 e. The molecule has 1 atom stereocenters. The van der Waals surface area contributed by atoms with Crippen LogP contribution in [0.3, 0.4) is 0 Å². The molecule has 0 N–H and O–H groups in total. The zero-order valence-corrected chi connectivity index (χ0v) is 13.6. The Morgan fingerprint density at radius 3 is 2.72 bits per heavy atom. The van der Waals surface area contributed by atoms with E-state index in [4.69, 9.17) is 14.7 Å². The SMILES string of the molecule is N#Cc1ccc(Oc2ccc3c(c2)CCC(c2ccccc2)O3)nc1. The molecular weight excluding hydrogens is 312 g/mol. The minimum atomic E-state index is 0.0978. The molecule has 0 saturated carbocycles. The van der Waals surface area contributed by atoms with E-state index in [1.807, 2.05) is 42.5 Å². The van der Waals surface area contributed by atoms with Crippen molar-refractivity contribution in [3.05, 3.63) is 83.6 Å². The molecule has 2 aromatic carbocycles. The van der Waals surface area contributed by atoms with Gasteiger partial charge in [-0.3, -0.25) is 0 Å². The van der Waals surface area contributed by atoms with Crippen LogP contribution in [0.1, 0.15) is 29.2 Å². The van der Waals surface area contributed by atoms with Crippen molar-refractivity contribution >= 4 is 0 Å². The first kappa shape index (κ1) is 15.2. The van der Waals surface area contributed by atoms with Crippen LogP contribution < -0.4 is 9.47 Å². The quantitative estimate of drug-likeness (QED) is 0.692. The molecule has 1 aromatic heterocycles. The van der Waals surface area contributed by atoms with E-state index in [0.717, 1.165) is 29.9 Å². The Morgan fingerprint density at radius 1 is 1.08 bits per heavy atom. The van der Waals surface area contributed by atoms with Gasteiger partial charge < -0.3 is 9.47 Å². The number of hydrogen-bond acceptors (Lipinski definition) is 4. The van der Waals surface area contributed by atoms with Crippen molar-refractivity contribution < 1.29 is 9.47 Å². The van der Waals surface area contributed by atoms with E-state index >= 15 is 0 Å². The first-order chi connectivity index (χ1) is 12.3. The smallest absolute Gasteiger partial charge is 0.219 e. The first-order valence-corrected chi connectivity index (χ1v) is 8.20. The summed E-state index contributed by atoms with van der Waals surface area (Å²) in [6.07, 6.45) is 3.48. The number of benzene rings is 2. The third kappa shape index (κ3) is 3.31. The molecule has 0 radical (unpaired) electrons. The zero-order chi connectivity index (χ0) is 17.1. The van der Waals surface area contributed by atoms with Gasteiger partial charge in [0.25, 0.3) is 0 Å². The van der Waals surface area contributed by atoms with Crippen molar-refractivity contribution in [1.82, 2.24) is 4.98 Å². The fraction of sp³-hybridized carbons (Fsp3) is 0.143. The van der Waals surface area contributed by atoms with Crippen LogP contribution in [0.25, 0.3) is 0 Å². The van der Waals surface area contributed by atoms with Crippen LogP contribution in [0.15, 0.2) is 66.9 Å². The predicted molar refractivity (Wildman–Crippen MR) is 93.6 cm³/mol. The summed E-state index contributed by atoms with van der Waals surface area (Å²) in [4.78, 5) is 4.13. The highest BCUT2D eigenvalue weighted by atomic mass is 16.5. The zero-order valence-electron chi connectivity index (χ0n) is 13.6. The molecule has 122 valence electrons. The molecule has 0 spiro atoms. The second kappa shape index (κ2) is 6.66. The minimum Gasteiger partial charge on any atom is -0.485 e. The van der Waals surface area contributed by atoms with Gasteiger partial charge in [0.1, 0.15) is 23.7 Å². The van der Waals surface area contributed by atoms with Crippen LogP contribution in [-0.4, -0.2) is 4.98 Å². The molecule has 4 nitrogen and oxygen atoms in total. The van der Waals surface area contributed by atoms with Gasteiger partial charge in [-0.05, 0) is 48.2 Å². The Morgan fingerprint density at radius 2 is 1.96 bits per heavy atom. The lowest BCUT2D eigenvalue weighted by atomic mass is 9.97. The number of aromatic nitrogens is 1. The molecule has 1 unspecified atom stereocenters. The summed E-state index contributed by atoms with van der Waals surface area (Å²) >= 11 is 0. The van der Waals surface area contributed by atoms with E-state index in [-0.39, 0.29) is 6.10 Å². The maximum absolute atomic E-state index is 8.81. The van der Waals surface area contributed by atoms with E-state index in [9.17, 15) is 0 Å². The summed E-state index contributed by atoms with van der Waals surface area (Å²) in [6.45, 7) is 0. The molecule has 4 heteroatoms. The molecule has 0 saturated heterocycles. The van der Waals surface area contributed by atoms with E-state index in [1.165, 1.54) is 11.8 Å². The maximum atomic E-state index is 8.81. The van der Waals surface area contributed by atoms with Gasteiger partial charge in [0.05, 0.1) is 5.56 Å². The molecule has 3 aromatic rings.